The second kappa shape index (κ2) is 10.2. The molecular formula is C44H27N3. The van der Waals surface area contributed by atoms with Gasteiger partial charge in [0.15, 0.2) is 11.7 Å². The van der Waals surface area contributed by atoms with E-state index in [9.17, 15) is 0 Å². The van der Waals surface area contributed by atoms with Crippen molar-refractivity contribution in [3.8, 4) is 22.3 Å². The van der Waals surface area contributed by atoms with Crippen LogP contribution in [-0.2, 0) is 0 Å². The minimum atomic E-state index is -0.0641. The summed E-state index contributed by atoms with van der Waals surface area (Å²) in [5.74, 6) is 1.51. The first-order valence-corrected chi connectivity index (χ1v) is 16.1. The zero-order chi connectivity index (χ0) is 30.9. The molecule has 0 spiro atoms. The molecule has 2 heterocycles. The van der Waals surface area contributed by atoms with Crippen molar-refractivity contribution >= 4 is 71.7 Å². The average molecular weight is 598 g/mol. The number of hydrogen-bond donors (Lipinski definition) is 0. The molecule has 0 radical (unpaired) electrons. The predicted octanol–water partition coefficient (Wildman–Crippen LogP) is 11.0. The van der Waals surface area contributed by atoms with Crippen molar-refractivity contribution in [1.29, 1.82) is 0 Å². The highest BCUT2D eigenvalue weighted by Gasteiger charge is 2.22. The van der Waals surface area contributed by atoms with Gasteiger partial charge in [-0.1, -0.05) is 133 Å². The van der Waals surface area contributed by atoms with Gasteiger partial charge in [0.25, 0.3) is 0 Å². The Morgan fingerprint density at radius 3 is 1.66 bits per heavy atom. The van der Waals surface area contributed by atoms with Gasteiger partial charge < -0.3 is 0 Å². The normalized spacial score (nSPS) is 15.5. The van der Waals surface area contributed by atoms with Crippen molar-refractivity contribution in [2.75, 3.05) is 0 Å². The van der Waals surface area contributed by atoms with Crippen molar-refractivity contribution < 1.29 is 0 Å². The Morgan fingerprint density at radius 2 is 0.979 bits per heavy atom. The molecule has 3 heteroatoms. The van der Waals surface area contributed by atoms with Crippen LogP contribution in [0, 0.1) is 0 Å². The Morgan fingerprint density at radius 1 is 0.426 bits per heavy atom. The van der Waals surface area contributed by atoms with Gasteiger partial charge in [-0.2, -0.15) is 0 Å². The van der Waals surface area contributed by atoms with Crippen LogP contribution in [-0.4, -0.2) is 23.9 Å². The van der Waals surface area contributed by atoms with Crippen molar-refractivity contribution in [2.24, 2.45) is 15.0 Å². The number of rotatable bonds is 3. The third-order valence-corrected chi connectivity index (χ3v) is 9.71. The van der Waals surface area contributed by atoms with Gasteiger partial charge in [-0.25, -0.2) is 9.98 Å². The van der Waals surface area contributed by atoms with E-state index < -0.39 is 0 Å². The Labute approximate surface area is 271 Å². The second-order valence-electron chi connectivity index (χ2n) is 12.4. The monoisotopic (exact) mass is 597 g/mol. The van der Waals surface area contributed by atoms with Crippen molar-refractivity contribution in [1.82, 2.24) is 0 Å². The van der Waals surface area contributed by atoms with E-state index in [0.717, 1.165) is 22.8 Å². The third kappa shape index (κ3) is 4.10. The first kappa shape index (κ1) is 26.1. The standard InChI is InChI=1S/C44H27N3/c1-3-10-36-34(8-1)35-9-2-4-11-37(35)39-26-33(25-32-23-20-30-7-5-12-38(36)41(30)42(32)39)29-16-14-27(15-17-29)28-18-21-31(22-19-28)43-46-40-13-6-24-45-44(40)47-43/h1-26,40H. The quantitative estimate of drug-likeness (QED) is 0.182. The average Bonchev–Trinajstić information content (AvgIpc) is 3.58. The number of fused-ring (bicyclic) bond motifs is 6. The molecule has 0 fully saturated rings. The van der Waals surface area contributed by atoms with Gasteiger partial charge in [0.05, 0.1) is 0 Å². The van der Waals surface area contributed by atoms with E-state index >= 15 is 0 Å². The van der Waals surface area contributed by atoms with Gasteiger partial charge in [0.2, 0.25) is 0 Å². The summed E-state index contributed by atoms with van der Waals surface area (Å²) < 4.78 is 0. The number of nitrogens with zero attached hydrogens (tertiary/aromatic N) is 3. The summed E-state index contributed by atoms with van der Waals surface area (Å²) in [7, 11) is 0. The minimum Gasteiger partial charge on any atom is -0.250 e. The minimum absolute atomic E-state index is 0.0641. The van der Waals surface area contributed by atoms with Crippen molar-refractivity contribution in [2.45, 2.75) is 6.04 Å². The Bertz CT molecular complexity index is 2710. The van der Waals surface area contributed by atoms with Crippen LogP contribution in [0.15, 0.2) is 167 Å². The van der Waals surface area contributed by atoms with Crippen molar-refractivity contribution in [3.63, 3.8) is 0 Å². The van der Waals surface area contributed by atoms with Crippen LogP contribution in [0.4, 0.5) is 0 Å². The number of amidine groups is 2. The van der Waals surface area contributed by atoms with E-state index in [-0.39, 0.29) is 6.04 Å². The molecule has 2 aliphatic rings. The molecule has 3 nitrogen and oxygen atoms in total. The van der Waals surface area contributed by atoms with Gasteiger partial charge in [-0.15, -0.1) is 0 Å². The summed E-state index contributed by atoms with van der Waals surface area (Å²) in [5.41, 5.74) is 5.76. The number of allylic oxidation sites excluding steroid dienone is 1. The second-order valence-corrected chi connectivity index (χ2v) is 12.4. The summed E-state index contributed by atoms with van der Waals surface area (Å²) in [6.07, 6.45) is 5.72. The largest absolute Gasteiger partial charge is 0.250 e. The Hall–Kier alpha value is -6.19. The highest BCUT2D eigenvalue weighted by Crippen LogP contribution is 2.42. The first-order chi connectivity index (χ1) is 23.3. The first-order valence-electron chi connectivity index (χ1n) is 16.1. The van der Waals surface area contributed by atoms with Gasteiger partial charge >= 0.3 is 0 Å². The third-order valence-electron chi connectivity index (χ3n) is 9.71. The predicted molar refractivity (Wildman–Crippen MR) is 200 cm³/mol. The molecule has 0 amide bonds. The van der Waals surface area contributed by atoms with Gasteiger partial charge in [-0.05, 0) is 94.3 Å². The van der Waals surface area contributed by atoms with E-state index in [4.69, 9.17) is 4.99 Å². The number of aliphatic imine (C=N–C) groups is 3. The van der Waals surface area contributed by atoms with Crippen LogP contribution >= 0.6 is 0 Å². The lowest BCUT2D eigenvalue weighted by molar-refractivity contribution is 1.09. The van der Waals surface area contributed by atoms with Crippen molar-refractivity contribution in [3.05, 3.63) is 157 Å². The fourth-order valence-electron chi connectivity index (χ4n) is 7.46. The molecule has 0 bridgehead atoms. The Balaban J connectivity index is 1.11. The maximum absolute atomic E-state index is 4.73. The molecule has 10 rings (SSSR count). The molecule has 1 unspecified atom stereocenters. The zero-order valence-electron chi connectivity index (χ0n) is 25.4. The van der Waals surface area contributed by atoms with Crippen LogP contribution in [0.1, 0.15) is 5.56 Å². The van der Waals surface area contributed by atoms with E-state index in [1.807, 2.05) is 12.2 Å². The molecule has 0 saturated carbocycles. The molecule has 0 N–H and O–H groups in total. The molecule has 0 aromatic heterocycles. The topological polar surface area (TPSA) is 37.1 Å². The fourth-order valence-corrected chi connectivity index (χ4v) is 7.46. The lowest BCUT2D eigenvalue weighted by Crippen LogP contribution is -2.12. The summed E-state index contributed by atoms with van der Waals surface area (Å²) in [5, 5.41) is 12.8. The zero-order valence-corrected chi connectivity index (χ0v) is 25.4. The van der Waals surface area contributed by atoms with E-state index in [0.29, 0.717) is 0 Å². The molecule has 47 heavy (non-hydrogen) atoms. The maximum atomic E-state index is 4.73. The summed E-state index contributed by atoms with van der Waals surface area (Å²) >= 11 is 0. The molecular weight excluding hydrogens is 571 g/mol. The van der Waals surface area contributed by atoms with Gasteiger partial charge in [0.1, 0.15) is 6.04 Å². The summed E-state index contributed by atoms with van der Waals surface area (Å²) in [6.45, 7) is 0. The molecule has 0 aliphatic carbocycles. The molecule has 1 atom stereocenters. The SMILES string of the molecule is C1=CC2N=C(c3ccc(-c4ccc(-c5cc6ccc7cccc8c9ccccc9c9ccccc9c(c5)c6c78)cc4)cc3)N=C2N=C1. The molecule has 2 aliphatic heterocycles. The fraction of sp³-hybridized carbons (Fsp3) is 0.0227. The molecule has 218 valence electrons. The van der Waals surface area contributed by atoms with Crippen LogP contribution in [0.25, 0.3) is 76.1 Å². The van der Waals surface area contributed by atoms with Gasteiger partial charge in [0, 0.05) is 11.8 Å². The Kier molecular flexibility index (Phi) is 5.64. The van der Waals surface area contributed by atoms with E-state index in [2.05, 4.69) is 150 Å². The highest BCUT2D eigenvalue weighted by molar-refractivity contribution is 6.33. The van der Waals surface area contributed by atoms with Crippen LogP contribution < -0.4 is 0 Å². The summed E-state index contributed by atoms with van der Waals surface area (Å²) in [4.78, 5) is 13.7. The lowest BCUT2D eigenvalue weighted by Gasteiger charge is -2.15. The maximum Gasteiger partial charge on any atom is 0.159 e. The van der Waals surface area contributed by atoms with Crippen LogP contribution in [0.3, 0.4) is 0 Å². The van der Waals surface area contributed by atoms with Gasteiger partial charge in [-0.3, -0.25) is 4.99 Å². The van der Waals surface area contributed by atoms with E-state index in [1.54, 1.807) is 6.21 Å². The molecule has 8 aromatic carbocycles. The lowest BCUT2D eigenvalue weighted by atomic mass is 9.88. The highest BCUT2D eigenvalue weighted by atomic mass is 15.1. The number of benzene rings is 7. The van der Waals surface area contributed by atoms with Crippen LogP contribution in [0.5, 0.6) is 0 Å². The molecule has 0 saturated heterocycles. The van der Waals surface area contributed by atoms with Crippen LogP contribution in [0.2, 0.25) is 0 Å². The summed E-state index contributed by atoms with van der Waals surface area (Å²) in [6, 6.07) is 51.1. The van der Waals surface area contributed by atoms with E-state index in [1.165, 1.54) is 70.6 Å². The number of dihydropyridines is 1. The smallest absolute Gasteiger partial charge is 0.159 e. The molecule has 8 aromatic rings. The number of hydrogen-bond acceptors (Lipinski definition) is 3.